The lowest BCUT2D eigenvalue weighted by molar-refractivity contribution is 0.219. The zero-order valence-electron chi connectivity index (χ0n) is 13.6. The Morgan fingerprint density at radius 1 is 1.08 bits per heavy atom. The number of benzene rings is 1. The molecule has 0 N–H and O–H groups in total. The van der Waals surface area contributed by atoms with Crippen molar-refractivity contribution < 1.29 is 18.0 Å². The first-order chi connectivity index (χ1) is 11.6. The summed E-state index contributed by atoms with van der Waals surface area (Å²) in [6.07, 6.45) is 1.84. The second-order valence-electron chi connectivity index (χ2n) is 5.14. The van der Waals surface area contributed by atoms with E-state index in [1.807, 2.05) is 30.3 Å². The molecule has 0 atom stereocenters. The van der Waals surface area contributed by atoms with Crippen molar-refractivity contribution in [2.24, 2.45) is 0 Å². The first kappa shape index (κ1) is 16.8. The Balaban J connectivity index is 1.81. The smallest absolute Gasteiger partial charge is 0.335 e. The van der Waals surface area contributed by atoms with Crippen LogP contribution in [-0.4, -0.2) is 23.2 Å². The van der Waals surface area contributed by atoms with Gasteiger partial charge in [-0.1, -0.05) is 18.2 Å². The molecule has 0 saturated heterocycles. The van der Waals surface area contributed by atoms with Gasteiger partial charge in [0.2, 0.25) is 5.89 Å². The van der Waals surface area contributed by atoms with Gasteiger partial charge in [0.15, 0.2) is 5.58 Å². The molecule has 0 aliphatic carbocycles. The summed E-state index contributed by atoms with van der Waals surface area (Å²) in [6, 6.07) is 11.2. The third-order valence-electron chi connectivity index (χ3n) is 3.37. The molecule has 126 valence electrons. The number of oxazole rings is 1. The summed E-state index contributed by atoms with van der Waals surface area (Å²) < 4.78 is 28.9. The van der Waals surface area contributed by atoms with Gasteiger partial charge in [0.1, 0.15) is 11.2 Å². The van der Waals surface area contributed by atoms with E-state index < -0.39 is 7.60 Å². The summed E-state index contributed by atoms with van der Waals surface area (Å²) in [6.45, 7) is 4.26. The van der Waals surface area contributed by atoms with Crippen molar-refractivity contribution in [2.45, 2.75) is 20.0 Å². The van der Waals surface area contributed by atoms with E-state index in [2.05, 4.69) is 9.97 Å². The highest BCUT2D eigenvalue weighted by molar-refractivity contribution is 7.53. The Morgan fingerprint density at radius 2 is 1.83 bits per heavy atom. The maximum atomic E-state index is 12.6. The van der Waals surface area contributed by atoms with Crippen molar-refractivity contribution in [3.8, 4) is 11.6 Å². The minimum atomic E-state index is -3.13. The van der Waals surface area contributed by atoms with E-state index in [0.717, 1.165) is 16.7 Å². The molecule has 3 rings (SSSR count). The van der Waals surface area contributed by atoms with Gasteiger partial charge in [-0.15, -0.1) is 0 Å². The predicted molar refractivity (Wildman–Crippen MR) is 91.8 cm³/mol. The van der Waals surface area contributed by atoms with E-state index in [4.69, 9.17) is 13.5 Å². The highest BCUT2D eigenvalue weighted by Gasteiger charge is 2.24. The fourth-order valence-corrected chi connectivity index (χ4v) is 4.05. The summed E-state index contributed by atoms with van der Waals surface area (Å²) in [5.41, 5.74) is 2.91. The summed E-state index contributed by atoms with van der Waals surface area (Å²) in [5.74, 6) is 0.459. The fraction of sp³-hybridized carbons (Fsp3) is 0.294. The molecule has 0 aliphatic rings. The lowest BCUT2D eigenvalue weighted by atomic mass is 10.3. The van der Waals surface area contributed by atoms with Crippen LogP contribution in [0.25, 0.3) is 22.7 Å². The van der Waals surface area contributed by atoms with Crippen LogP contribution in [0.4, 0.5) is 0 Å². The third kappa shape index (κ3) is 3.73. The number of rotatable bonds is 7. The van der Waals surface area contributed by atoms with Crippen molar-refractivity contribution >= 4 is 18.7 Å². The molecule has 7 heteroatoms. The normalized spacial score (nSPS) is 11.9. The number of fused-ring (bicyclic) bond motifs is 1. The van der Waals surface area contributed by atoms with Gasteiger partial charge in [0.05, 0.1) is 19.4 Å². The largest absolute Gasteiger partial charge is 0.435 e. The second kappa shape index (κ2) is 7.26. The molecule has 0 spiro atoms. The van der Waals surface area contributed by atoms with Crippen molar-refractivity contribution in [1.29, 1.82) is 0 Å². The molecule has 0 amide bonds. The van der Waals surface area contributed by atoms with Crippen molar-refractivity contribution in [3.63, 3.8) is 0 Å². The van der Waals surface area contributed by atoms with E-state index in [-0.39, 0.29) is 6.16 Å². The fourth-order valence-electron chi connectivity index (χ4n) is 2.37. The van der Waals surface area contributed by atoms with Gasteiger partial charge in [-0.2, -0.15) is 0 Å². The van der Waals surface area contributed by atoms with Crippen LogP contribution in [0.15, 0.2) is 47.0 Å². The Hall–Kier alpha value is -2.01. The van der Waals surface area contributed by atoms with Crippen LogP contribution in [0, 0.1) is 0 Å². The van der Waals surface area contributed by atoms with Gasteiger partial charge in [-0.3, -0.25) is 9.55 Å². The molecule has 24 heavy (non-hydrogen) atoms. The van der Waals surface area contributed by atoms with Crippen LogP contribution in [0.2, 0.25) is 0 Å². The molecular weight excluding hydrogens is 327 g/mol. The van der Waals surface area contributed by atoms with E-state index in [1.54, 1.807) is 26.1 Å². The minimum absolute atomic E-state index is 0.190. The topological polar surface area (TPSA) is 74.5 Å². The number of para-hydroxylation sites is 2. The van der Waals surface area contributed by atoms with Gasteiger partial charge >= 0.3 is 7.60 Å². The van der Waals surface area contributed by atoms with Gasteiger partial charge < -0.3 is 13.5 Å². The molecule has 0 fully saturated rings. The quantitative estimate of drug-likeness (QED) is 0.579. The molecule has 0 saturated carbocycles. The molecule has 3 aromatic rings. The van der Waals surface area contributed by atoms with Gasteiger partial charge in [0, 0.05) is 6.20 Å². The summed E-state index contributed by atoms with van der Waals surface area (Å²) in [5, 5.41) is 0. The van der Waals surface area contributed by atoms with Crippen LogP contribution in [0.3, 0.4) is 0 Å². The lowest BCUT2D eigenvalue weighted by Gasteiger charge is -2.16. The van der Waals surface area contributed by atoms with Crippen LogP contribution in [0.5, 0.6) is 0 Å². The summed E-state index contributed by atoms with van der Waals surface area (Å²) in [4.78, 5) is 8.77. The average Bonchev–Trinajstić information content (AvgIpc) is 3.00. The van der Waals surface area contributed by atoms with Crippen molar-refractivity contribution in [1.82, 2.24) is 9.97 Å². The van der Waals surface area contributed by atoms with Crippen molar-refractivity contribution in [2.75, 3.05) is 13.2 Å². The monoisotopic (exact) mass is 346 g/mol. The highest BCUT2D eigenvalue weighted by atomic mass is 31.2. The molecular formula is C17H19N2O4P. The third-order valence-corrected chi connectivity index (χ3v) is 5.42. The van der Waals surface area contributed by atoms with Crippen LogP contribution in [-0.2, 0) is 19.8 Å². The van der Waals surface area contributed by atoms with Crippen LogP contribution >= 0.6 is 7.60 Å². The van der Waals surface area contributed by atoms with Crippen LogP contribution in [0.1, 0.15) is 19.4 Å². The highest BCUT2D eigenvalue weighted by Crippen LogP contribution is 2.51. The van der Waals surface area contributed by atoms with E-state index in [9.17, 15) is 4.57 Å². The number of aromatic nitrogens is 2. The molecule has 2 aromatic heterocycles. The molecule has 6 nitrogen and oxygen atoms in total. The molecule has 0 aliphatic heterocycles. The van der Waals surface area contributed by atoms with Crippen LogP contribution < -0.4 is 0 Å². The first-order valence-corrected chi connectivity index (χ1v) is 9.55. The lowest BCUT2D eigenvalue weighted by Crippen LogP contribution is -1.99. The number of hydrogen-bond acceptors (Lipinski definition) is 6. The standard InChI is InChI=1S/C17H19N2O4P/c1-3-21-24(20,22-4-2)12-13-9-10-15(18-11-13)17-19-14-7-5-6-8-16(14)23-17/h5-11H,3-4,12H2,1-2H3. The second-order valence-corrected chi connectivity index (χ2v) is 7.20. The van der Waals surface area contributed by atoms with Gasteiger partial charge in [-0.05, 0) is 37.6 Å². The summed E-state index contributed by atoms with van der Waals surface area (Å²) >= 11 is 0. The number of hydrogen-bond donors (Lipinski definition) is 0. The van der Waals surface area contributed by atoms with Crippen molar-refractivity contribution in [3.05, 3.63) is 48.2 Å². The number of nitrogens with zero attached hydrogens (tertiary/aromatic N) is 2. The maximum Gasteiger partial charge on any atom is 0.335 e. The Morgan fingerprint density at radius 3 is 2.46 bits per heavy atom. The van der Waals surface area contributed by atoms with E-state index in [1.165, 1.54) is 0 Å². The van der Waals surface area contributed by atoms with Gasteiger partial charge in [0.25, 0.3) is 0 Å². The molecule has 0 unspecified atom stereocenters. The van der Waals surface area contributed by atoms with Gasteiger partial charge in [-0.25, -0.2) is 4.98 Å². The molecule has 0 radical (unpaired) electrons. The zero-order valence-corrected chi connectivity index (χ0v) is 14.5. The molecule has 1 aromatic carbocycles. The Kier molecular flexibility index (Phi) is 5.09. The Labute approximate surface area is 140 Å². The molecule has 2 heterocycles. The SMILES string of the molecule is CCOP(=O)(Cc1ccc(-c2nc3ccccc3o2)nc1)OCC. The zero-order chi connectivity index (χ0) is 17.0. The predicted octanol–water partition coefficient (Wildman–Crippen LogP) is 4.66. The molecule has 0 bridgehead atoms. The average molecular weight is 346 g/mol. The first-order valence-electron chi connectivity index (χ1n) is 7.82. The maximum absolute atomic E-state index is 12.6. The minimum Gasteiger partial charge on any atom is -0.435 e. The van der Waals surface area contributed by atoms with E-state index >= 15 is 0 Å². The summed E-state index contributed by atoms with van der Waals surface area (Å²) in [7, 11) is -3.13. The number of pyridine rings is 1. The Bertz CT molecular complexity index is 817. The van der Waals surface area contributed by atoms with E-state index in [0.29, 0.717) is 24.8 Å².